The molecule has 162 valence electrons. The average Bonchev–Trinajstić information content (AvgIpc) is 3.13. The van der Waals surface area contributed by atoms with Gasteiger partial charge in [0, 0.05) is 12.6 Å². The highest BCUT2D eigenvalue weighted by atomic mass is 32.2. The molecule has 1 aromatic carbocycles. The predicted octanol–water partition coefficient (Wildman–Crippen LogP) is 3.90. The van der Waals surface area contributed by atoms with Gasteiger partial charge in [0.1, 0.15) is 0 Å². The largest absolute Gasteiger partial charge is 0.376 e. The monoisotopic (exact) mass is 429 g/mol. The van der Waals surface area contributed by atoms with Gasteiger partial charge in [0.2, 0.25) is 5.91 Å². The van der Waals surface area contributed by atoms with Crippen LogP contribution in [-0.4, -0.2) is 39.5 Å². The zero-order chi connectivity index (χ0) is 20.9. The van der Waals surface area contributed by atoms with Gasteiger partial charge in [-0.05, 0) is 44.7 Å². The van der Waals surface area contributed by atoms with Crippen molar-refractivity contribution in [1.82, 2.24) is 14.9 Å². The van der Waals surface area contributed by atoms with Crippen molar-refractivity contribution in [1.29, 1.82) is 0 Å². The van der Waals surface area contributed by atoms with Gasteiger partial charge in [-0.2, -0.15) is 0 Å². The number of aromatic nitrogens is 2. The van der Waals surface area contributed by atoms with Crippen molar-refractivity contribution in [2.24, 2.45) is 0 Å². The molecule has 2 heterocycles. The number of benzene rings is 1. The maximum absolute atomic E-state index is 13.2. The highest BCUT2D eigenvalue weighted by molar-refractivity contribution is 8.00. The van der Waals surface area contributed by atoms with E-state index in [1.807, 2.05) is 31.2 Å². The van der Waals surface area contributed by atoms with Crippen molar-refractivity contribution in [3.63, 3.8) is 0 Å². The van der Waals surface area contributed by atoms with E-state index in [0.717, 1.165) is 32.3 Å². The second-order valence-electron chi connectivity index (χ2n) is 8.42. The number of hydrogen-bond donors (Lipinski definition) is 1. The number of amides is 1. The molecule has 30 heavy (non-hydrogen) atoms. The predicted molar refractivity (Wildman–Crippen MR) is 120 cm³/mol. The first kappa shape index (κ1) is 21.4. The van der Waals surface area contributed by atoms with Crippen LogP contribution in [0.5, 0.6) is 0 Å². The van der Waals surface area contributed by atoms with E-state index in [0.29, 0.717) is 22.6 Å². The molecule has 6 nitrogen and oxygen atoms in total. The first-order valence-corrected chi connectivity index (χ1v) is 12.1. The van der Waals surface area contributed by atoms with Crippen molar-refractivity contribution in [3.05, 3.63) is 34.6 Å². The summed E-state index contributed by atoms with van der Waals surface area (Å²) in [6, 6.07) is 7.68. The third-order valence-electron chi connectivity index (χ3n) is 6.09. The summed E-state index contributed by atoms with van der Waals surface area (Å²) in [5.74, 6) is 0.0259. The van der Waals surface area contributed by atoms with Crippen molar-refractivity contribution in [2.75, 3.05) is 6.61 Å². The van der Waals surface area contributed by atoms with Crippen LogP contribution >= 0.6 is 11.8 Å². The van der Waals surface area contributed by atoms with E-state index in [-0.39, 0.29) is 28.9 Å². The number of para-hydroxylation sites is 1. The molecule has 0 spiro atoms. The molecule has 1 saturated carbocycles. The molecule has 0 bridgehead atoms. The Bertz CT molecular complexity index is 931. The Labute approximate surface area is 181 Å². The summed E-state index contributed by atoms with van der Waals surface area (Å²) in [5, 5.41) is 4.10. The topological polar surface area (TPSA) is 73.2 Å². The Morgan fingerprint density at radius 2 is 1.97 bits per heavy atom. The summed E-state index contributed by atoms with van der Waals surface area (Å²) in [6.45, 7) is 3.12. The van der Waals surface area contributed by atoms with Gasteiger partial charge in [-0.3, -0.25) is 14.2 Å². The normalized spacial score (nSPS) is 21.4. The Kier molecular flexibility index (Phi) is 7.10. The molecule has 1 aromatic heterocycles. The molecule has 2 atom stereocenters. The third-order valence-corrected chi connectivity index (χ3v) is 7.18. The minimum Gasteiger partial charge on any atom is -0.376 e. The van der Waals surface area contributed by atoms with Gasteiger partial charge < -0.3 is 10.1 Å². The van der Waals surface area contributed by atoms with Crippen LogP contribution in [0.4, 0.5) is 0 Å². The van der Waals surface area contributed by atoms with E-state index in [1.165, 1.54) is 37.4 Å². The molecule has 1 aliphatic heterocycles. The summed E-state index contributed by atoms with van der Waals surface area (Å²) in [6.07, 6.45) is 8.98. The van der Waals surface area contributed by atoms with Gasteiger partial charge in [-0.15, -0.1) is 0 Å². The number of ether oxygens (including phenoxy) is 1. The van der Waals surface area contributed by atoms with E-state index in [2.05, 4.69) is 5.32 Å². The molecule has 1 aliphatic carbocycles. The molecular formula is C23H31N3O3S. The zero-order valence-electron chi connectivity index (χ0n) is 17.6. The van der Waals surface area contributed by atoms with Gasteiger partial charge >= 0.3 is 0 Å². The third kappa shape index (κ3) is 5.06. The van der Waals surface area contributed by atoms with Crippen LogP contribution in [0.25, 0.3) is 10.9 Å². The highest BCUT2D eigenvalue weighted by Crippen LogP contribution is 2.25. The van der Waals surface area contributed by atoms with Crippen LogP contribution in [0.15, 0.2) is 34.2 Å². The summed E-state index contributed by atoms with van der Waals surface area (Å²) in [4.78, 5) is 30.8. The number of nitrogens with zero attached hydrogens (tertiary/aromatic N) is 2. The number of fused-ring (bicyclic) bond motifs is 1. The molecule has 0 unspecified atom stereocenters. The number of hydrogen-bond acceptors (Lipinski definition) is 5. The maximum atomic E-state index is 13.2. The van der Waals surface area contributed by atoms with Crippen LogP contribution in [0.1, 0.15) is 58.3 Å². The fraction of sp³-hybridized carbons (Fsp3) is 0.609. The van der Waals surface area contributed by atoms with E-state index in [1.54, 1.807) is 4.57 Å². The summed E-state index contributed by atoms with van der Waals surface area (Å²) in [5.41, 5.74) is 0.611. The molecule has 7 heteroatoms. The van der Waals surface area contributed by atoms with E-state index >= 15 is 0 Å². The van der Waals surface area contributed by atoms with Crippen LogP contribution in [0, 0.1) is 0 Å². The Balaban J connectivity index is 1.55. The lowest BCUT2D eigenvalue weighted by Gasteiger charge is -2.21. The number of carbonyl (C=O) groups excluding carboxylic acids is 1. The lowest BCUT2D eigenvalue weighted by atomic mass is 10.1. The van der Waals surface area contributed by atoms with Crippen molar-refractivity contribution in [3.8, 4) is 0 Å². The van der Waals surface area contributed by atoms with Gasteiger partial charge in [-0.1, -0.05) is 49.6 Å². The smallest absolute Gasteiger partial charge is 0.262 e. The first-order chi connectivity index (χ1) is 14.6. The van der Waals surface area contributed by atoms with Gasteiger partial charge in [-0.25, -0.2) is 4.98 Å². The Hall–Kier alpha value is -1.86. The lowest BCUT2D eigenvalue weighted by Crippen LogP contribution is -2.39. The fourth-order valence-electron chi connectivity index (χ4n) is 4.34. The molecule has 4 rings (SSSR count). The Morgan fingerprint density at radius 3 is 2.70 bits per heavy atom. The first-order valence-electron chi connectivity index (χ1n) is 11.2. The molecule has 2 fully saturated rings. The zero-order valence-corrected chi connectivity index (χ0v) is 18.5. The number of rotatable bonds is 6. The van der Waals surface area contributed by atoms with Crippen LogP contribution in [0.2, 0.25) is 0 Å². The lowest BCUT2D eigenvalue weighted by molar-refractivity contribution is -0.121. The van der Waals surface area contributed by atoms with Gasteiger partial charge in [0.25, 0.3) is 5.56 Å². The standard InChI is InChI=1S/C23H31N3O3S/c1-16(21(27)24-17-9-4-2-3-5-10-17)30-23-25-20-13-7-6-12-19(20)22(28)26(23)15-18-11-8-14-29-18/h6-7,12-13,16-18H,2-5,8-11,14-15H2,1H3,(H,24,27)/t16-,18-/m1/s1. The van der Waals surface area contributed by atoms with Crippen molar-refractivity contribution in [2.45, 2.75) is 87.4 Å². The van der Waals surface area contributed by atoms with E-state index < -0.39 is 0 Å². The molecule has 2 aliphatic rings. The molecule has 1 N–H and O–H groups in total. The fourth-order valence-corrected chi connectivity index (χ4v) is 5.27. The average molecular weight is 430 g/mol. The number of nitrogens with one attached hydrogen (secondary N) is 1. The summed E-state index contributed by atoms with van der Waals surface area (Å²) < 4.78 is 7.47. The van der Waals surface area contributed by atoms with Crippen LogP contribution < -0.4 is 10.9 Å². The van der Waals surface area contributed by atoms with Crippen LogP contribution in [0.3, 0.4) is 0 Å². The minimum absolute atomic E-state index is 0.0259. The van der Waals surface area contributed by atoms with E-state index in [4.69, 9.17) is 9.72 Å². The summed E-state index contributed by atoms with van der Waals surface area (Å²) in [7, 11) is 0. The minimum atomic E-state index is -0.322. The van der Waals surface area contributed by atoms with Gasteiger partial charge in [0.05, 0.1) is 28.8 Å². The Morgan fingerprint density at radius 1 is 1.20 bits per heavy atom. The number of thioether (sulfide) groups is 1. The molecule has 0 radical (unpaired) electrons. The molecule has 2 aromatic rings. The second-order valence-corrected chi connectivity index (χ2v) is 9.73. The summed E-state index contributed by atoms with van der Waals surface area (Å²) >= 11 is 1.37. The van der Waals surface area contributed by atoms with Crippen molar-refractivity contribution >= 4 is 28.6 Å². The molecule has 1 saturated heterocycles. The maximum Gasteiger partial charge on any atom is 0.262 e. The van der Waals surface area contributed by atoms with Gasteiger partial charge in [0.15, 0.2) is 5.16 Å². The SMILES string of the molecule is C[C@@H](Sc1nc2ccccc2c(=O)n1C[C@H]1CCCO1)C(=O)NC1CCCCCC1. The highest BCUT2D eigenvalue weighted by Gasteiger charge is 2.24. The molecular weight excluding hydrogens is 398 g/mol. The van der Waals surface area contributed by atoms with Crippen LogP contribution in [-0.2, 0) is 16.1 Å². The second kappa shape index (κ2) is 9.96. The number of carbonyl (C=O) groups is 1. The van der Waals surface area contributed by atoms with Crippen molar-refractivity contribution < 1.29 is 9.53 Å². The quantitative estimate of drug-likeness (QED) is 0.428. The van der Waals surface area contributed by atoms with E-state index in [9.17, 15) is 9.59 Å². The molecule has 1 amide bonds.